The highest BCUT2D eigenvalue weighted by molar-refractivity contribution is 5.57. The predicted molar refractivity (Wildman–Crippen MR) is 119 cm³/mol. The molecule has 0 amide bonds. The molecule has 0 saturated heterocycles. The van der Waals surface area contributed by atoms with Crippen LogP contribution in [0.4, 0.5) is 0 Å². The molecule has 1 heterocycles. The van der Waals surface area contributed by atoms with Crippen LogP contribution in [0.15, 0.2) is 48.0 Å². The molecular weight excluding hydrogens is 376 g/mol. The molecule has 1 fully saturated rings. The Morgan fingerprint density at radius 2 is 1.87 bits per heavy atom. The van der Waals surface area contributed by atoms with Crippen molar-refractivity contribution in [2.24, 2.45) is 11.3 Å². The van der Waals surface area contributed by atoms with Gasteiger partial charge < -0.3 is 19.3 Å². The van der Waals surface area contributed by atoms with E-state index in [1.165, 1.54) is 0 Å². The standard InChI is InChI=1S/C26H32O4/c1-25(2)22-14-19-12-18(16-28-4)13-21(29-5)23(19)30-26(22,3)15-20(24(25)27)11-17-9-7-6-8-10-17/h6-13,22,24,27H,14-16H2,1-5H3/b20-11+/t22-,24-,26-/m1/s1. The third kappa shape index (κ3) is 3.52. The molecule has 1 N–H and O–H groups in total. The Kier molecular flexibility index (Phi) is 5.41. The minimum atomic E-state index is -0.523. The third-order valence-electron chi connectivity index (χ3n) is 6.88. The first-order valence-corrected chi connectivity index (χ1v) is 10.6. The van der Waals surface area contributed by atoms with Gasteiger partial charge in [0.15, 0.2) is 11.5 Å². The SMILES string of the molecule is COCc1cc2c(c(OC)c1)O[C@]1(C)C/C(=C\c3ccccc3)[C@@H](O)C(C)(C)[C@H]1C2. The summed E-state index contributed by atoms with van der Waals surface area (Å²) in [4.78, 5) is 0. The van der Waals surface area contributed by atoms with Crippen molar-refractivity contribution < 1.29 is 19.3 Å². The van der Waals surface area contributed by atoms with Crippen LogP contribution in [0.1, 0.15) is 43.9 Å². The second kappa shape index (κ2) is 7.75. The fourth-order valence-corrected chi connectivity index (χ4v) is 5.41. The van der Waals surface area contributed by atoms with Gasteiger partial charge in [0.05, 0.1) is 19.8 Å². The fourth-order valence-electron chi connectivity index (χ4n) is 5.41. The van der Waals surface area contributed by atoms with E-state index in [0.717, 1.165) is 40.2 Å². The van der Waals surface area contributed by atoms with E-state index >= 15 is 0 Å². The fraction of sp³-hybridized carbons (Fsp3) is 0.462. The van der Waals surface area contributed by atoms with E-state index in [1.807, 2.05) is 24.3 Å². The number of hydrogen-bond acceptors (Lipinski definition) is 4. The van der Waals surface area contributed by atoms with Gasteiger partial charge >= 0.3 is 0 Å². The lowest BCUT2D eigenvalue weighted by atomic mass is 9.56. The quantitative estimate of drug-likeness (QED) is 0.771. The van der Waals surface area contributed by atoms with Gasteiger partial charge in [0, 0.05) is 24.9 Å². The number of rotatable bonds is 4. The van der Waals surface area contributed by atoms with Crippen molar-refractivity contribution in [3.05, 3.63) is 64.7 Å². The lowest BCUT2D eigenvalue weighted by molar-refractivity contribution is -0.111. The van der Waals surface area contributed by atoms with E-state index in [4.69, 9.17) is 14.2 Å². The number of aliphatic hydroxyl groups is 1. The lowest BCUT2D eigenvalue weighted by Crippen LogP contribution is -2.59. The molecule has 1 saturated carbocycles. The number of benzene rings is 2. The summed E-state index contributed by atoms with van der Waals surface area (Å²) < 4.78 is 17.7. The van der Waals surface area contributed by atoms with Crippen LogP contribution in [0, 0.1) is 11.3 Å². The Bertz CT molecular complexity index is 947. The molecule has 4 rings (SSSR count). The maximum absolute atomic E-state index is 11.3. The summed E-state index contributed by atoms with van der Waals surface area (Å²) in [6.07, 6.45) is 3.11. The van der Waals surface area contributed by atoms with Gasteiger partial charge in [-0.3, -0.25) is 0 Å². The average molecular weight is 409 g/mol. The molecule has 30 heavy (non-hydrogen) atoms. The Morgan fingerprint density at radius 3 is 2.53 bits per heavy atom. The third-order valence-corrected chi connectivity index (χ3v) is 6.88. The molecule has 3 atom stereocenters. The van der Waals surface area contributed by atoms with Crippen LogP contribution in [0.2, 0.25) is 0 Å². The van der Waals surface area contributed by atoms with E-state index in [0.29, 0.717) is 13.0 Å². The Morgan fingerprint density at radius 1 is 1.13 bits per heavy atom. The normalized spacial score (nSPS) is 28.4. The van der Waals surface area contributed by atoms with Crippen LogP contribution in [-0.2, 0) is 17.8 Å². The number of ether oxygens (including phenoxy) is 3. The zero-order chi connectivity index (χ0) is 21.5. The number of hydrogen-bond donors (Lipinski definition) is 1. The van der Waals surface area contributed by atoms with E-state index in [-0.39, 0.29) is 11.3 Å². The van der Waals surface area contributed by atoms with Gasteiger partial charge in [0.1, 0.15) is 5.60 Å². The molecule has 0 unspecified atom stereocenters. The summed E-state index contributed by atoms with van der Waals surface area (Å²) in [5.41, 5.74) is 3.55. The van der Waals surface area contributed by atoms with Crippen LogP contribution < -0.4 is 9.47 Å². The van der Waals surface area contributed by atoms with Crippen molar-refractivity contribution in [3.63, 3.8) is 0 Å². The summed E-state index contributed by atoms with van der Waals surface area (Å²) in [6, 6.07) is 14.3. The molecule has 1 aliphatic carbocycles. The molecule has 0 bridgehead atoms. The Hall–Kier alpha value is -2.30. The second-order valence-corrected chi connectivity index (χ2v) is 9.42. The molecule has 0 radical (unpaired) electrons. The molecule has 4 heteroatoms. The maximum Gasteiger partial charge on any atom is 0.165 e. The molecule has 4 nitrogen and oxygen atoms in total. The maximum atomic E-state index is 11.3. The van der Waals surface area contributed by atoms with Crippen LogP contribution >= 0.6 is 0 Å². The molecule has 160 valence electrons. The summed E-state index contributed by atoms with van der Waals surface area (Å²) in [5.74, 6) is 1.74. The highest BCUT2D eigenvalue weighted by atomic mass is 16.5. The highest BCUT2D eigenvalue weighted by Crippen LogP contribution is 2.56. The van der Waals surface area contributed by atoms with Gasteiger partial charge in [-0.25, -0.2) is 0 Å². The van der Waals surface area contributed by atoms with Gasteiger partial charge in [-0.05, 0) is 47.7 Å². The van der Waals surface area contributed by atoms with E-state index in [9.17, 15) is 5.11 Å². The van der Waals surface area contributed by atoms with E-state index in [1.54, 1.807) is 14.2 Å². The van der Waals surface area contributed by atoms with Crippen molar-refractivity contribution in [1.82, 2.24) is 0 Å². The Balaban J connectivity index is 1.77. The van der Waals surface area contributed by atoms with Crippen LogP contribution in [0.3, 0.4) is 0 Å². The van der Waals surface area contributed by atoms with Crippen LogP contribution in [-0.4, -0.2) is 31.0 Å². The Labute approximate surface area is 179 Å². The largest absolute Gasteiger partial charge is 0.493 e. The number of aliphatic hydroxyl groups excluding tert-OH is 1. The molecule has 1 aliphatic heterocycles. The molecular formula is C26H32O4. The first-order valence-electron chi connectivity index (χ1n) is 10.6. The van der Waals surface area contributed by atoms with Crippen molar-refractivity contribution >= 4 is 6.08 Å². The first kappa shape index (κ1) is 21.0. The van der Waals surface area contributed by atoms with E-state index < -0.39 is 11.7 Å². The summed E-state index contributed by atoms with van der Waals surface area (Å²) in [7, 11) is 3.37. The lowest BCUT2D eigenvalue weighted by Gasteiger charge is -2.56. The van der Waals surface area contributed by atoms with Gasteiger partial charge in [0.2, 0.25) is 0 Å². The summed E-state index contributed by atoms with van der Waals surface area (Å²) >= 11 is 0. The van der Waals surface area contributed by atoms with Gasteiger partial charge in [-0.2, -0.15) is 0 Å². The molecule has 2 aromatic carbocycles. The topological polar surface area (TPSA) is 47.9 Å². The van der Waals surface area contributed by atoms with Crippen LogP contribution in [0.25, 0.3) is 6.08 Å². The summed E-state index contributed by atoms with van der Waals surface area (Å²) in [5, 5.41) is 11.3. The zero-order valence-electron chi connectivity index (χ0n) is 18.6. The van der Waals surface area contributed by atoms with Crippen LogP contribution in [0.5, 0.6) is 11.5 Å². The van der Waals surface area contributed by atoms with Gasteiger partial charge in [0.25, 0.3) is 0 Å². The minimum absolute atomic E-state index is 0.169. The van der Waals surface area contributed by atoms with Gasteiger partial charge in [-0.15, -0.1) is 0 Å². The van der Waals surface area contributed by atoms with Crippen molar-refractivity contribution in [2.75, 3.05) is 14.2 Å². The predicted octanol–water partition coefficient (Wildman–Crippen LogP) is 5.03. The number of methoxy groups -OCH3 is 2. The molecule has 2 aromatic rings. The van der Waals surface area contributed by atoms with Crippen molar-refractivity contribution in [2.45, 2.75) is 51.9 Å². The number of fused-ring (bicyclic) bond motifs is 2. The molecule has 2 aliphatic rings. The van der Waals surface area contributed by atoms with Gasteiger partial charge in [-0.1, -0.05) is 50.3 Å². The van der Waals surface area contributed by atoms with Crippen molar-refractivity contribution in [3.8, 4) is 11.5 Å². The molecule has 0 spiro atoms. The highest BCUT2D eigenvalue weighted by Gasteiger charge is 2.56. The smallest absolute Gasteiger partial charge is 0.165 e. The van der Waals surface area contributed by atoms with E-state index in [2.05, 4.69) is 45.0 Å². The summed E-state index contributed by atoms with van der Waals surface area (Å²) in [6.45, 7) is 7.02. The average Bonchev–Trinajstić information content (AvgIpc) is 2.72. The molecule has 0 aromatic heterocycles. The monoisotopic (exact) mass is 408 g/mol. The first-order chi connectivity index (χ1) is 14.3. The second-order valence-electron chi connectivity index (χ2n) is 9.42. The van der Waals surface area contributed by atoms with Crippen molar-refractivity contribution in [1.29, 1.82) is 0 Å². The minimum Gasteiger partial charge on any atom is -0.493 e. The zero-order valence-corrected chi connectivity index (χ0v) is 18.6.